The molecule has 1 saturated carbocycles. The number of carbonyl (C=O) groups excluding carboxylic acids is 3. The van der Waals surface area contributed by atoms with Crippen molar-refractivity contribution >= 4 is 23.5 Å². The SMILES string of the molecule is O=C1NC2(C(=O)Nc3ccc(F)cc32)C(=O)N1CC1CCCCC1. The second-order valence-electron chi connectivity index (χ2n) is 6.74. The summed E-state index contributed by atoms with van der Waals surface area (Å²) in [7, 11) is 0. The molecule has 7 heteroatoms. The number of hydrogen-bond acceptors (Lipinski definition) is 3. The second kappa shape index (κ2) is 5.29. The summed E-state index contributed by atoms with van der Waals surface area (Å²) in [5.74, 6) is -1.54. The number of hydrogen-bond donors (Lipinski definition) is 2. The van der Waals surface area contributed by atoms with E-state index in [4.69, 9.17) is 0 Å². The molecule has 2 N–H and O–H groups in total. The maximum absolute atomic E-state index is 13.6. The summed E-state index contributed by atoms with van der Waals surface area (Å²) in [6, 6.07) is 3.16. The minimum Gasteiger partial charge on any atom is -0.323 e. The standard InChI is InChI=1S/C17H18FN3O3/c18-11-6-7-13-12(8-11)17(14(22)19-13)15(23)21(16(24)20-17)9-10-4-2-1-3-5-10/h6-8,10H,1-5,9H2,(H,19,22)(H,20,24). The Kier molecular flexibility index (Phi) is 3.33. The fraction of sp³-hybridized carbons (Fsp3) is 0.471. The number of carbonyl (C=O) groups is 3. The largest absolute Gasteiger partial charge is 0.325 e. The van der Waals surface area contributed by atoms with E-state index in [-0.39, 0.29) is 11.5 Å². The lowest BCUT2D eigenvalue weighted by molar-refractivity contribution is -0.137. The molecule has 126 valence electrons. The van der Waals surface area contributed by atoms with E-state index in [1.165, 1.54) is 18.6 Å². The molecule has 1 saturated heterocycles. The molecule has 3 aliphatic rings. The minimum atomic E-state index is -1.83. The predicted molar refractivity (Wildman–Crippen MR) is 83.5 cm³/mol. The van der Waals surface area contributed by atoms with Gasteiger partial charge >= 0.3 is 6.03 Å². The minimum absolute atomic E-state index is 0.178. The Bertz CT molecular complexity index is 745. The molecule has 4 rings (SSSR count). The van der Waals surface area contributed by atoms with Gasteiger partial charge in [-0.2, -0.15) is 0 Å². The van der Waals surface area contributed by atoms with Gasteiger partial charge in [0.2, 0.25) is 5.54 Å². The van der Waals surface area contributed by atoms with Crippen LogP contribution in [0.15, 0.2) is 18.2 Å². The van der Waals surface area contributed by atoms with E-state index in [0.717, 1.165) is 36.6 Å². The van der Waals surface area contributed by atoms with E-state index < -0.39 is 29.2 Å². The van der Waals surface area contributed by atoms with Crippen molar-refractivity contribution < 1.29 is 18.8 Å². The van der Waals surface area contributed by atoms with Crippen LogP contribution in [0.2, 0.25) is 0 Å². The first kappa shape index (κ1) is 15.1. The monoisotopic (exact) mass is 331 g/mol. The van der Waals surface area contributed by atoms with Crippen molar-refractivity contribution in [1.82, 2.24) is 10.2 Å². The zero-order chi connectivity index (χ0) is 16.9. The summed E-state index contributed by atoms with van der Waals surface area (Å²) in [5, 5.41) is 5.08. The summed E-state index contributed by atoms with van der Waals surface area (Å²) in [5.41, 5.74) is -1.30. The first-order valence-electron chi connectivity index (χ1n) is 8.28. The van der Waals surface area contributed by atoms with E-state index in [0.29, 0.717) is 12.2 Å². The highest BCUT2D eigenvalue weighted by atomic mass is 19.1. The summed E-state index contributed by atoms with van der Waals surface area (Å²) in [6.07, 6.45) is 5.31. The topological polar surface area (TPSA) is 78.5 Å². The van der Waals surface area contributed by atoms with Crippen LogP contribution in [0.5, 0.6) is 0 Å². The van der Waals surface area contributed by atoms with Crippen molar-refractivity contribution in [1.29, 1.82) is 0 Å². The van der Waals surface area contributed by atoms with E-state index in [2.05, 4.69) is 10.6 Å². The maximum atomic E-state index is 13.6. The normalized spacial score (nSPS) is 26.7. The number of amides is 4. The van der Waals surface area contributed by atoms with Gasteiger partial charge in [0.05, 0.1) is 0 Å². The van der Waals surface area contributed by atoms with Gasteiger partial charge in [0.1, 0.15) is 5.82 Å². The van der Waals surface area contributed by atoms with Crippen molar-refractivity contribution in [3.63, 3.8) is 0 Å². The van der Waals surface area contributed by atoms with Gasteiger partial charge in [-0.05, 0) is 37.0 Å². The first-order chi connectivity index (χ1) is 11.5. The Balaban J connectivity index is 1.68. The summed E-state index contributed by atoms with van der Waals surface area (Å²) < 4.78 is 13.6. The number of halogens is 1. The molecular weight excluding hydrogens is 313 g/mol. The molecule has 24 heavy (non-hydrogen) atoms. The van der Waals surface area contributed by atoms with Crippen LogP contribution in [-0.2, 0) is 15.1 Å². The van der Waals surface area contributed by atoms with Gasteiger partial charge in [0, 0.05) is 17.8 Å². The molecule has 1 aromatic carbocycles. The summed E-state index contributed by atoms with van der Waals surface area (Å²) in [6.45, 7) is 0.310. The zero-order valence-corrected chi connectivity index (χ0v) is 13.1. The fourth-order valence-electron chi connectivity index (χ4n) is 3.98. The maximum Gasteiger partial charge on any atom is 0.325 e. The van der Waals surface area contributed by atoms with Crippen LogP contribution in [0.4, 0.5) is 14.9 Å². The molecule has 1 aromatic rings. The van der Waals surface area contributed by atoms with Crippen molar-refractivity contribution in [2.45, 2.75) is 37.6 Å². The molecule has 4 amide bonds. The van der Waals surface area contributed by atoms with Gasteiger partial charge in [-0.3, -0.25) is 14.5 Å². The zero-order valence-electron chi connectivity index (χ0n) is 13.1. The lowest BCUT2D eigenvalue weighted by Crippen LogP contribution is -2.50. The average Bonchev–Trinajstić information content (AvgIpc) is 2.98. The number of benzene rings is 1. The van der Waals surface area contributed by atoms with Gasteiger partial charge < -0.3 is 10.6 Å². The molecule has 2 aliphatic heterocycles. The van der Waals surface area contributed by atoms with Gasteiger partial charge in [-0.15, -0.1) is 0 Å². The second-order valence-corrected chi connectivity index (χ2v) is 6.74. The Labute approximate surface area is 138 Å². The molecule has 6 nitrogen and oxygen atoms in total. The van der Waals surface area contributed by atoms with Crippen molar-refractivity contribution in [2.24, 2.45) is 5.92 Å². The Hall–Kier alpha value is -2.44. The Morgan fingerprint density at radius 3 is 2.67 bits per heavy atom. The third-order valence-electron chi connectivity index (χ3n) is 5.25. The van der Waals surface area contributed by atoms with E-state index in [1.54, 1.807) is 0 Å². The molecule has 2 fully saturated rings. The fourth-order valence-corrected chi connectivity index (χ4v) is 3.98. The molecule has 0 bridgehead atoms. The van der Waals surface area contributed by atoms with Gasteiger partial charge in [0.25, 0.3) is 11.8 Å². The number of nitrogens with zero attached hydrogens (tertiary/aromatic N) is 1. The number of fused-ring (bicyclic) bond motifs is 2. The van der Waals surface area contributed by atoms with Crippen molar-refractivity contribution in [3.05, 3.63) is 29.6 Å². The highest BCUT2D eigenvalue weighted by Crippen LogP contribution is 2.41. The lowest BCUT2D eigenvalue weighted by atomic mass is 9.88. The first-order valence-corrected chi connectivity index (χ1v) is 8.28. The van der Waals surface area contributed by atoms with Crippen LogP contribution >= 0.6 is 0 Å². The summed E-state index contributed by atoms with van der Waals surface area (Å²) >= 11 is 0. The Morgan fingerprint density at radius 1 is 1.17 bits per heavy atom. The number of imide groups is 1. The molecule has 1 spiro atoms. The number of rotatable bonds is 2. The average molecular weight is 331 g/mol. The number of urea groups is 1. The lowest BCUT2D eigenvalue weighted by Gasteiger charge is -2.25. The number of anilines is 1. The molecule has 0 aromatic heterocycles. The predicted octanol–water partition coefficient (Wildman–Crippen LogP) is 2.11. The molecular formula is C17H18FN3O3. The van der Waals surface area contributed by atoms with Crippen LogP contribution in [0.3, 0.4) is 0 Å². The molecule has 0 radical (unpaired) electrons. The third-order valence-corrected chi connectivity index (χ3v) is 5.25. The number of nitrogens with one attached hydrogen (secondary N) is 2. The van der Waals surface area contributed by atoms with Crippen molar-refractivity contribution in [2.75, 3.05) is 11.9 Å². The quantitative estimate of drug-likeness (QED) is 0.643. The smallest absolute Gasteiger partial charge is 0.323 e. The van der Waals surface area contributed by atoms with Crippen LogP contribution in [0.1, 0.15) is 37.7 Å². The van der Waals surface area contributed by atoms with E-state index >= 15 is 0 Å². The van der Waals surface area contributed by atoms with Crippen LogP contribution in [0, 0.1) is 11.7 Å². The molecule has 2 heterocycles. The van der Waals surface area contributed by atoms with Crippen molar-refractivity contribution in [3.8, 4) is 0 Å². The van der Waals surface area contributed by atoms with Gasteiger partial charge in [-0.1, -0.05) is 19.3 Å². The van der Waals surface area contributed by atoms with Crippen LogP contribution in [0.25, 0.3) is 0 Å². The molecule has 1 unspecified atom stereocenters. The Morgan fingerprint density at radius 2 is 1.92 bits per heavy atom. The highest BCUT2D eigenvalue weighted by molar-refractivity contribution is 6.26. The van der Waals surface area contributed by atoms with Crippen LogP contribution < -0.4 is 10.6 Å². The van der Waals surface area contributed by atoms with Gasteiger partial charge in [-0.25, -0.2) is 9.18 Å². The highest BCUT2D eigenvalue weighted by Gasteiger charge is 2.61. The van der Waals surface area contributed by atoms with Gasteiger partial charge in [0.15, 0.2) is 0 Å². The van der Waals surface area contributed by atoms with E-state index in [1.807, 2.05) is 0 Å². The molecule has 1 atom stereocenters. The van der Waals surface area contributed by atoms with Crippen LogP contribution in [-0.4, -0.2) is 29.3 Å². The summed E-state index contributed by atoms with van der Waals surface area (Å²) in [4.78, 5) is 38.9. The third kappa shape index (κ3) is 2.03. The molecule has 1 aliphatic carbocycles. The van der Waals surface area contributed by atoms with E-state index in [9.17, 15) is 18.8 Å².